The van der Waals surface area contributed by atoms with Crippen molar-refractivity contribution in [3.8, 4) is 0 Å². The maximum Gasteiger partial charge on any atom is 0.279 e. The topological polar surface area (TPSA) is 69.6 Å². The SMILES string of the molecule is CCCN(CCO)S(=O)(=O)NCC. The first-order chi connectivity index (χ1) is 6.08. The molecule has 0 aliphatic heterocycles. The van der Waals surface area contributed by atoms with Gasteiger partial charge in [-0.25, -0.2) is 4.72 Å². The van der Waals surface area contributed by atoms with Crippen molar-refractivity contribution in [1.29, 1.82) is 0 Å². The summed E-state index contributed by atoms with van der Waals surface area (Å²) in [7, 11) is -3.37. The van der Waals surface area contributed by atoms with Crippen LogP contribution in [0.1, 0.15) is 20.3 Å². The molecule has 0 radical (unpaired) electrons. The third-order valence-corrected chi connectivity index (χ3v) is 3.19. The lowest BCUT2D eigenvalue weighted by Gasteiger charge is -2.20. The number of hydrogen-bond acceptors (Lipinski definition) is 3. The fourth-order valence-electron chi connectivity index (χ4n) is 0.987. The van der Waals surface area contributed by atoms with E-state index in [1.165, 1.54) is 4.31 Å². The average Bonchev–Trinajstić information content (AvgIpc) is 2.04. The second kappa shape index (κ2) is 6.31. The molecular formula is C7H18N2O3S. The first-order valence-electron chi connectivity index (χ1n) is 4.44. The highest BCUT2D eigenvalue weighted by atomic mass is 32.2. The molecule has 6 heteroatoms. The van der Waals surface area contributed by atoms with Gasteiger partial charge in [0.15, 0.2) is 0 Å². The Morgan fingerprint density at radius 3 is 2.31 bits per heavy atom. The Hall–Kier alpha value is -0.170. The second-order valence-electron chi connectivity index (χ2n) is 2.63. The van der Waals surface area contributed by atoms with Crippen LogP contribution in [0.15, 0.2) is 0 Å². The molecule has 80 valence electrons. The van der Waals surface area contributed by atoms with Crippen LogP contribution in [-0.2, 0) is 10.2 Å². The maximum atomic E-state index is 11.4. The molecule has 0 rings (SSSR count). The molecule has 0 unspecified atom stereocenters. The van der Waals surface area contributed by atoms with Crippen molar-refractivity contribution in [3.05, 3.63) is 0 Å². The Labute approximate surface area is 79.9 Å². The van der Waals surface area contributed by atoms with Crippen molar-refractivity contribution in [2.45, 2.75) is 20.3 Å². The maximum absolute atomic E-state index is 11.4. The predicted molar refractivity (Wildman–Crippen MR) is 51.5 cm³/mol. The van der Waals surface area contributed by atoms with Crippen LogP contribution in [0.2, 0.25) is 0 Å². The number of nitrogens with one attached hydrogen (secondary N) is 1. The van der Waals surface area contributed by atoms with Crippen LogP contribution in [0, 0.1) is 0 Å². The zero-order chi connectivity index (χ0) is 10.3. The van der Waals surface area contributed by atoms with E-state index in [0.29, 0.717) is 13.1 Å². The van der Waals surface area contributed by atoms with Crippen LogP contribution in [0.4, 0.5) is 0 Å². The lowest BCUT2D eigenvalue weighted by molar-refractivity contribution is 0.252. The van der Waals surface area contributed by atoms with Crippen LogP contribution < -0.4 is 4.72 Å². The van der Waals surface area contributed by atoms with Gasteiger partial charge >= 0.3 is 0 Å². The van der Waals surface area contributed by atoms with E-state index in [-0.39, 0.29) is 13.2 Å². The number of aliphatic hydroxyl groups is 1. The van der Waals surface area contributed by atoms with Crippen molar-refractivity contribution in [2.75, 3.05) is 26.2 Å². The summed E-state index contributed by atoms with van der Waals surface area (Å²) in [5.41, 5.74) is 0. The van der Waals surface area contributed by atoms with E-state index in [1.807, 2.05) is 6.92 Å². The summed E-state index contributed by atoms with van der Waals surface area (Å²) < 4.78 is 26.5. The van der Waals surface area contributed by atoms with E-state index >= 15 is 0 Å². The molecule has 13 heavy (non-hydrogen) atoms. The van der Waals surface area contributed by atoms with Gasteiger partial charge in [0.2, 0.25) is 0 Å². The molecule has 0 saturated heterocycles. The molecule has 0 aromatic heterocycles. The van der Waals surface area contributed by atoms with Crippen molar-refractivity contribution in [2.24, 2.45) is 0 Å². The van der Waals surface area contributed by atoms with Gasteiger partial charge in [0.25, 0.3) is 10.2 Å². The normalized spacial score (nSPS) is 12.3. The van der Waals surface area contributed by atoms with Gasteiger partial charge in [-0.2, -0.15) is 12.7 Å². The highest BCUT2D eigenvalue weighted by Crippen LogP contribution is 1.98. The highest BCUT2D eigenvalue weighted by molar-refractivity contribution is 7.87. The van der Waals surface area contributed by atoms with Crippen LogP contribution in [0.25, 0.3) is 0 Å². The minimum absolute atomic E-state index is 0.148. The van der Waals surface area contributed by atoms with E-state index < -0.39 is 10.2 Å². The standard InChI is InChI=1S/C7H18N2O3S/c1-3-5-9(6-7-10)13(11,12)8-4-2/h8,10H,3-7H2,1-2H3. The number of aliphatic hydroxyl groups excluding tert-OH is 1. The molecule has 0 saturated carbocycles. The highest BCUT2D eigenvalue weighted by Gasteiger charge is 2.18. The van der Waals surface area contributed by atoms with Gasteiger partial charge in [0.05, 0.1) is 6.61 Å². The summed E-state index contributed by atoms with van der Waals surface area (Å²) in [6.07, 6.45) is 0.741. The summed E-state index contributed by atoms with van der Waals surface area (Å²) in [6.45, 7) is 4.43. The van der Waals surface area contributed by atoms with Crippen LogP contribution in [0.5, 0.6) is 0 Å². The van der Waals surface area contributed by atoms with Crippen molar-refractivity contribution < 1.29 is 13.5 Å². The summed E-state index contributed by atoms with van der Waals surface area (Å²) in [5, 5.41) is 8.66. The average molecular weight is 210 g/mol. The Kier molecular flexibility index (Phi) is 6.23. The predicted octanol–water partition coefficient (Wildman–Crippen LogP) is -0.455. The van der Waals surface area contributed by atoms with E-state index in [0.717, 1.165) is 6.42 Å². The lowest BCUT2D eigenvalue weighted by atomic mass is 10.5. The fourth-order valence-corrected chi connectivity index (χ4v) is 2.28. The number of nitrogens with zero attached hydrogens (tertiary/aromatic N) is 1. The van der Waals surface area contributed by atoms with Gasteiger partial charge in [-0.3, -0.25) is 0 Å². The molecule has 0 atom stereocenters. The Balaban J connectivity index is 4.33. The molecular weight excluding hydrogens is 192 g/mol. The van der Waals surface area contributed by atoms with Crippen LogP contribution in [-0.4, -0.2) is 44.1 Å². The first kappa shape index (κ1) is 12.8. The fraction of sp³-hybridized carbons (Fsp3) is 1.00. The van der Waals surface area contributed by atoms with Crippen molar-refractivity contribution >= 4 is 10.2 Å². The molecule has 0 aromatic carbocycles. The molecule has 0 fully saturated rings. The quantitative estimate of drug-likeness (QED) is 0.597. The monoisotopic (exact) mass is 210 g/mol. The van der Waals surface area contributed by atoms with E-state index in [1.54, 1.807) is 6.92 Å². The molecule has 0 aliphatic carbocycles. The molecule has 0 aromatic rings. The van der Waals surface area contributed by atoms with Gasteiger partial charge in [-0.15, -0.1) is 0 Å². The lowest BCUT2D eigenvalue weighted by Crippen LogP contribution is -2.42. The molecule has 0 spiro atoms. The molecule has 2 N–H and O–H groups in total. The van der Waals surface area contributed by atoms with Gasteiger partial charge in [0, 0.05) is 19.6 Å². The smallest absolute Gasteiger partial charge is 0.279 e. The van der Waals surface area contributed by atoms with Gasteiger partial charge in [-0.05, 0) is 6.42 Å². The summed E-state index contributed by atoms with van der Waals surface area (Å²) in [6, 6.07) is 0. The van der Waals surface area contributed by atoms with Gasteiger partial charge in [0.1, 0.15) is 0 Å². The Morgan fingerprint density at radius 1 is 1.31 bits per heavy atom. The molecule has 0 aliphatic rings. The minimum atomic E-state index is -3.37. The Bertz CT molecular complexity index is 210. The van der Waals surface area contributed by atoms with Crippen LogP contribution in [0.3, 0.4) is 0 Å². The summed E-state index contributed by atoms with van der Waals surface area (Å²) >= 11 is 0. The van der Waals surface area contributed by atoms with Crippen molar-refractivity contribution in [1.82, 2.24) is 9.03 Å². The van der Waals surface area contributed by atoms with Crippen LogP contribution >= 0.6 is 0 Å². The van der Waals surface area contributed by atoms with E-state index in [2.05, 4.69) is 4.72 Å². The van der Waals surface area contributed by atoms with Gasteiger partial charge < -0.3 is 5.11 Å². The first-order valence-corrected chi connectivity index (χ1v) is 5.88. The molecule has 0 amide bonds. The summed E-state index contributed by atoms with van der Waals surface area (Å²) in [5.74, 6) is 0. The third-order valence-electron chi connectivity index (χ3n) is 1.49. The van der Waals surface area contributed by atoms with Crippen molar-refractivity contribution in [3.63, 3.8) is 0 Å². The zero-order valence-corrected chi connectivity index (χ0v) is 8.97. The Morgan fingerprint density at radius 2 is 1.92 bits per heavy atom. The van der Waals surface area contributed by atoms with E-state index in [9.17, 15) is 8.42 Å². The zero-order valence-electron chi connectivity index (χ0n) is 8.15. The number of hydrogen-bond donors (Lipinski definition) is 2. The minimum Gasteiger partial charge on any atom is -0.395 e. The number of rotatable bonds is 7. The summed E-state index contributed by atoms with van der Waals surface area (Å²) in [4.78, 5) is 0. The molecule has 0 bridgehead atoms. The van der Waals surface area contributed by atoms with E-state index in [4.69, 9.17) is 5.11 Å². The molecule has 5 nitrogen and oxygen atoms in total. The third kappa shape index (κ3) is 4.56. The largest absolute Gasteiger partial charge is 0.395 e. The molecule has 0 heterocycles. The van der Waals surface area contributed by atoms with Gasteiger partial charge in [-0.1, -0.05) is 13.8 Å². The second-order valence-corrected chi connectivity index (χ2v) is 4.38.